The Morgan fingerprint density at radius 2 is 2.23 bits per heavy atom. The third-order valence-electron chi connectivity index (χ3n) is 1.90. The van der Waals surface area contributed by atoms with E-state index in [2.05, 4.69) is 0 Å². The molecule has 1 aromatic carbocycles. The van der Waals surface area contributed by atoms with Crippen molar-refractivity contribution in [1.29, 1.82) is 0 Å². The Balaban J connectivity index is 3.20. The van der Waals surface area contributed by atoms with Crippen LogP contribution in [0.2, 0.25) is 5.02 Å². The normalized spacial score (nSPS) is 12.9. The van der Waals surface area contributed by atoms with Crippen LogP contribution in [0.15, 0.2) is 12.1 Å². The molecule has 0 saturated heterocycles. The second kappa shape index (κ2) is 3.94. The van der Waals surface area contributed by atoms with Crippen molar-refractivity contribution in [3.05, 3.63) is 28.5 Å². The third-order valence-corrected chi connectivity index (χ3v) is 2.12. The Kier molecular flexibility index (Phi) is 3.12. The maximum Gasteiger partial charge on any atom is 0.166 e. The van der Waals surface area contributed by atoms with Crippen LogP contribution in [0.25, 0.3) is 0 Å². The summed E-state index contributed by atoms with van der Waals surface area (Å²) >= 11 is 5.62. The van der Waals surface area contributed by atoms with E-state index in [9.17, 15) is 9.50 Å². The fourth-order valence-electron chi connectivity index (χ4n) is 1.09. The second-order valence-corrected chi connectivity index (χ2v) is 3.28. The molecule has 1 atom stereocenters. The molecule has 0 amide bonds. The van der Waals surface area contributed by atoms with Gasteiger partial charge in [0.2, 0.25) is 0 Å². The molecule has 13 heavy (non-hydrogen) atoms. The molecule has 0 saturated carbocycles. The summed E-state index contributed by atoms with van der Waals surface area (Å²) in [5.74, 6) is -1.13. The Hall–Kier alpha value is -0.800. The fourth-order valence-corrected chi connectivity index (χ4v) is 1.30. The molecule has 2 nitrogen and oxygen atoms in total. The maximum absolute atomic E-state index is 12.9. The van der Waals surface area contributed by atoms with Crippen molar-refractivity contribution < 1.29 is 9.50 Å². The first-order valence-corrected chi connectivity index (χ1v) is 4.37. The van der Waals surface area contributed by atoms with Gasteiger partial charge >= 0.3 is 0 Å². The van der Waals surface area contributed by atoms with Gasteiger partial charge < -0.3 is 10.8 Å². The Morgan fingerprint density at radius 3 is 2.77 bits per heavy atom. The maximum atomic E-state index is 12.9. The van der Waals surface area contributed by atoms with E-state index in [0.717, 1.165) is 6.07 Å². The van der Waals surface area contributed by atoms with Crippen molar-refractivity contribution in [2.75, 3.05) is 0 Å². The number of halogens is 2. The largest absolute Gasteiger partial charge is 0.505 e. The highest BCUT2D eigenvalue weighted by Gasteiger charge is 2.13. The Morgan fingerprint density at radius 1 is 1.62 bits per heavy atom. The van der Waals surface area contributed by atoms with Crippen LogP contribution in [0.3, 0.4) is 0 Å². The van der Waals surface area contributed by atoms with Crippen LogP contribution in [-0.4, -0.2) is 5.11 Å². The van der Waals surface area contributed by atoms with Gasteiger partial charge in [-0.2, -0.15) is 0 Å². The molecule has 0 heterocycles. The van der Waals surface area contributed by atoms with Gasteiger partial charge in [0.25, 0.3) is 0 Å². The average molecular weight is 204 g/mol. The Labute approximate surface area is 81.1 Å². The number of benzene rings is 1. The molecular weight excluding hydrogens is 193 g/mol. The van der Waals surface area contributed by atoms with E-state index in [1.165, 1.54) is 6.07 Å². The summed E-state index contributed by atoms with van der Waals surface area (Å²) in [6.07, 6.45) is 0.618. The van der Waals surface area contributed by atoms with E-state index in [1.807, 2.05) is 6.92 Å². The molecule has 0 fully saturated rings. The van der Waals surface area contributed by atoms with Crippen molar-refractivity contribution in [2.45, 2.75) is 19.4 Å². The predicted molar refractivity (Wildman–Crippen MR) is 50.3 cm³/mol. The van der Waals surface area contributed by atoms with Crippen LogP contribution < -0.4 is 5.73 Å². The predicted octanol–water partition coefficient (Wildman–Crippen LogP) is 2.59. The van der Waals surface area contributed by atoms with Crippen LogP contribution in [0.4, 0.5) is 4.39 Å². The summed E-state index contributed by atoms with van der Waals surface area (Å²) in [4.78, 5) is 0. The highest BCUT2D eigenvalue weighted by Crippen LogP contribution is 2.30. The minimum Gasteiger partial charge on any atom is -0.505 e. The minimum absolute atomic E-state index is 0.245. The zero-order chi connectivity index (χ0) is 10.0. The van der Waals surface area contributed by atoms with E-state index >= 15 is 0 Å². The molecule has 72 valence electrons. The van der Waals surface area contributed by atoms with Crippen LogP contribution >= 0.6 is 11.6 Å². The van der Waals surface area contributed by atoms with E-state index < -0.39 is 11.6 Å². The number of aromatic hydroxyl groups is 1. The number of rotatable bonds is 2. The monoisotopic (exact) mass is 203 g/mol. The second-order valence-electron chi connectivity index (χ2n) is 2.84. The molecule has 1 rings (SSSR count). The lowest BCUT2D eigenvalue weighted by molar-refractivity contribution is 0.419. The molecule has 0 aromatic heterocycles. The molecule has 1 aromatic rings. The zero-order valence-corrected chi connectivity index (χ0v) is 7.98. The van der Waals surface area contributed by atoms with E-state index in [0.29, 0.717) is 12.0 Å². The highest BCUT2D eigenvalue weighted by atomic mass is 35.5. The van der Waals surface area contributed by atoms with Crippen molar-refractivity contribution in [3.8, 4) is 5.75 Å². The van der Waals surface area contributed by atoms with Gasteiger partial charge in [0.1, 0.15) is 0 Å². The molecule has 4 heteroatoms. The van der Waals surface area contributed by atoms with Crippen molar-refractivity contribution in [2.24, 2.45) is 5.73 Å². The van der Waals surface area contributed by atoms with Gasteiger partial charge in [-0.1, -0.05) is 18.5 Å². The first-order valence-electron chi connectivity index (χ1n) is 3.99. The summed E-state index contributed by atoms with van der Waals surface area (Å²) in [6.45, 7) is 1.85. The Bertz CT molecular complexity index is 317. The van der Waals surface area contributed by atoms with Crippen molar-refractivity contribution in [3.63, 3.8) is 0 Å². The van der Waals surface area contributed by atoms with Gasteiger partial charge in [-0.05, 0) is 18.6 Å². The van der Waals surface area contributed by atoms with E-state index in [1.54, 1.807) is 0 Å². The summed E-state index contributed by atoms with van der Waals surface area (Å²) < 4.78 is 12.9. The smallest absolute Gasteiger partial charge is 0.166 e. The summed E-state index contributed by atoms with van der Waals surface area (Å²) in [6, 6.07) is 2.16. The summed E-state index contributed by atoms with van der Waals surface area (Å²) in [7, 11) is 0. The van der Waals surface area contributed by atoms with Gasteiger partial charge in [-0.25, -0.2) is 4.39 Å². The average Bonchev–Trinajstić information content (AvgIpc) is 2.10. The molecule has 0 spiro atoms. The van der Waals surface area contributed by atoms with Gasteiger partial charge in [-0.15, -0.1) is 0 Å². The first-order chi connectivity index (χ1) is 6.06. The highest BCUT2D eigenvalue weighted by molar-refractivity contribution is 6.30. The van der Waals surface area contributed by atoms with Crippen molar-refractivity contribution >= 4 is 11.6 Å². The van der Waals surface area contributed by atoms with Gasteiger partial charge in [0.15, 0.2) is 11.6 Å². The third kappa shape index (κ3) is 2.11. The first kappa shape index (κ1) is 10.3. The molecule has 3 N–H and O–H groups in total. The number of phenols is 1. The summed E-state index contributed by atoms with van der Waals surface area (Å²) in [5.41, 5.74) is 6.00. The standard InChI is InChI=1S/C9H11ClFNO/c1-2-8(12)6-3-5(10)4-7(11)9(6)13/h3-4,8,13H,2,12H2,1H3. The van der Waals surface area contributed by atoms with Gasteiger partial charge in [0, 0.05) is 16.6 Å². The van der Waals surface area contributed by atoms with Gasteiger partial charge in [-0.3, -0.25) is 0 Å². The molecule has 0 aliphatic rings. The molecule has 0 aliphatic carbocycles. The SMILES string of the molecule is CCC(N)c1cc(Cl)cc(F)c1O. The van der Waals surface area contributed by atoms with Gasteiger partial charge in [0.05, 0.1) is 0 Å². The van der Waals surface area contributed by atoms with Crippen LogP contribution in [-0.2, 0) is 0 Å². The number of nitrogens with two attached hydrogens (primary N) is 1. The lowest BCUT2D eigenvalue weighted by Gasteiger charge is -2.11. The molecule has 0 radical (unpaired) electrons. The zero-order valence-electron chi connectivity index (χ0n) is 7.22. The lowest BCUT2D eigenvalue weighted by Crippen LogP contribution is -2.09. The van der Waals surface area contributed by atoms with Crippen LogP contribution in [0.1, 0.15) is 24.9 Å². The minimum atomic E-state index is -0.730. The molecule has 0 aliphatic heterocycles. The van der Waals surface area contributed by atoms with E-state index in [-0.39, 0.29) is 11.1 Å². The van der Waals surface area contributed by atoms with Crippen molar-refractivity contribution in [1.82, 2.24) is 0 Å². The lowest BCUT2D eigenvalue weighted by atomic mass is 10.0. The summed E-state index contributed by atoms with van der Waals surface area (Å²) in [5, 5.41) is 9.55. The van der Waals surface area contributed by atoms with E-state index in [4.69, 9.17) is 17.3 Å². The number of hydrogen-bond acceptors (Lipinski definition) is 2. The van der Waals surface area contributed by atoms with Crippen LogP contribution in [0.5, 0.6) is 5.75 Å². The molecule has 0 bridgehead atoms. The number of phenolic OH excluding ortho intramolecular Hbond substituents is 1. The topological polar surface area (TPSA) is 46.2 Å². The quantitative estimate of drug-likeness (QED) is 0.776. The molecule has 1 unspecified atom stereocenters. The number of hydrogen-bond donors (Lipinski definition) is 2. The van der Waals surface area contributed by atoms with Crippen LogP contribution in [0, 0.1) is 5.82 Å². The fraction of sp³-hybridized carbons (Fsp3) is 0.333. The molecular formula is C9H11ClFNO.